The number of carbonyl (C=O) groups is 2. The zero-order chi connectivity index (χ0) is 22.1. The minimum atomic E-state index is -0.441. The van der Waals surface area contributed by atoms with Crippen LogP contribution in [0.2, 0.25) is 0 Å². The van der Waals surface area contributed by atoms with Gasteiger partial charge in [0.1, 0.15) is 17.2 Å². The summed E-state index contributed by atoms with van der Waals surface area (Å²) in [5.74, 6) is 0.601. The highest BCUT2D eigenvalue weighted by atomic mass is 16.5. The molecule has 0 aliphatic carbocycles. The lowest BCUT2D eigenvalue weighted by Crippen LogP contribution is -2.30. The van der Waals surface area contributed by atoms with Crippen molar-refractivity contribution < 1.29 is 19.1 Å². The minimum absolute atomic E-state index is 0.118. The van der Waals surface area contributed by atoms with Crippen LogP contribution in [-0.4, -0.2) is 25.5 Å². The van der Waals surface area contributed by atoms with Gasteiger partial charge in [-0.2, -0.15) is 0 Å². The molecule has 158 valence electrons. The van der Waals surface area contributed by atoms with Crippen molar-refractivity contribution in [3.63, 3.8) is 0 Å². The molecule has 0 saturated heterocycles. The van der Waals surface area contributed by atoms with E-state index in [9.17, 15) is 9.59 Å². The molecule has 0 bridgehead atoms. The number of methoxy groups -OCH3 is 1. The molecular weight excluding hydrogens is 392 g/mol. The van der Waals surface area contributed by atoms with Crippen molar-refractivity contribution in [2.45, 2.75) is 6.92 Å². The summed E-state index contributed by atoms with van der Waals surface area (Å²) in [5, 5.41) is 5.53. The summed E-state index contributed by atoms with van der Waals surface area (Å²) in [4.78, 5) is 25.6. The fourth-order valence-corrected chi connectivity index (χ4v) is 2.81. The Bertz CT molecular complexity index is 1040. The van der Waals surface area contributed by atoms with Crippen LogP contribution in [0.15, 0.2) is 84.6 Å². The van der Waals surface area contributed by atoms with Crippen molar-refractivity contribution in [1.29, 1.82) is 0 Å². The van der Waals surface area contributed by atoms with Crippen molar-refractivity contribution in [1.82, 2.24) is 5.32 Å². The fourth-order valence-electron chi connectivity index (χ4n) is 2.81. The van der Waals surface area contributed by atoms with Crippen molar-refractivity contribution >= 4 is 23.6 Å². The van der Waals surface area contributed by atoms with Gasteiger partial charge in [-0.3, -0.25) is 9.59 Å². The van der Waals surface area contributed by atoms with Gasteiger partial charge in [-0.1, -0.05) is 30.3 Å². The molecule has 0 fully saturated rings. The number of carbonyl (C=O) groups excluding carboxylic acids is 2. The van der Waals surface area contributed by atoms with E-state index in [0.717, 1.165) is 5.56 Å². The first-order chi connectivity index (χ1) is 15.1. The lowest BCUT2D eigenvalue weighted by atomic mass is 10.1. The van der Waals surface area contributed by atoms with Crippen molar-refractivity contribution in [2.24, 2.45) is 0 Å². The number of benzene rings is 3. The third-order valence-corrected chi connectivity index (χ3v) is 4.38. The summed E-state index contributed by atoms with van der Waals surface area (Å²) < 4.78 is 10.6. The molecule has 0 atom stereocenters. The molecule has 0 saturated carbocycles. The van der Waals surface area contributed by atoms with Crippen molar-refractivity contribution in [3.05, 3.63) is 95.7 Å². The SMILES string of the molecule is CCOc1ccc(NC(=O)/C(=C\c2ccc(OC)cc2)NC(=O)c2ccccc2)cc1. The van der Waals surface area contributed by atoms with E-state index in [-0.39, 0.29) is 11.6 Å². The average Bonchev–Trinajstić information content (AvgIpc) is 2.81. The van der Waals surface area contributed by atoms with Gasteiger partial charge < -0.3 is 20.1 Å². The fraction of sp³-hybridized carbons (Fsp3) is 0.120. The molecule has 0 heterocycles. The number of amides is 2. The topological polar surface area (TPSA) is 76.7 Å². The average molecular weight is 416 g/mol. The first-order valence-electron chi connectivity index (χ1n) is 9.85. The summed E-state index contributed by atoms with van der Waals surface area (Å²) in [7, 11) is 1.58. The van der Waals surface area contributed by atoms with Gasteiger partial charge in [0.25, 0.3) is 11.8 Å². The van der Waals surface area contributed by atoms with E-state index >= 15 is 0 Å². The summed E-state index contributed by atoms with van der Waals surface area (Å²) >= 11 is 0. The Morgan fingerprint density at radius 1 is 0.871 bits per heavy atom. The second kappa shape index (κ2) is 10.6. The van der Waals surface area contributed by atoms with Crippen molar-refractivity contribution in [3.8, 4) is 11.5 Å². The summed E-state index contributed by atoms with van der Waals surface area (Å²) in [6.07, 6.45) is 1.62. The number of nitrogens with one attached hydrogen (secondary N) is 2. The zero-order valence-electron chi connectivity index (χ0n) is 17.4. The lowest BCUT2D eigenvalue weighted by Gasteiger charge is -2.12. The molecule has 2 amide bonds. The predicted octanol–water partition coefficient (Wildman–Crippen LogP) is 4.50. The zero-order valence-corrected chi connectivity index (χ0v) is 17.4. The maximum Gasteiger partial charge on any atom is 0.272 e. The summed E-state index contributed by atoms with van der Waals surface area (Å²) in [6.45, 7) is 2.47. The number of hydrogen-bond acceptors (Lipinski definition) is 4. The van der Waals surface area contributed by atoms with Crippen LogP contribution >= 0.6 is 0 Å². The Morgan fingerprint density at radius 3 is 2.13 bits per heavy atom. The second-order valence-electron chi connectivity index (χ2n) is 6.56. The number of rotatable bonds is 8. The van der Waals surface area contributed by atoms with E-state index < -0.39 is 5.91 Å². The smallest absolute Gasteiger partial charge is 0.272 e. The summed E-state index contributed by atoms with van der Waals surface area (Å²) in [5.41, 5.74) is 1.90. The molecule has 31 heavy (non-hydrogen) atoms. The molecule has 3 rings (SSSR count). The molecule has 3 aromatic rings. The van der Waals surface area contributed by atoms with E-state index in [0.29, 0.717) is 29.4 Å². The molecule has 0 spiro atoms. The quantitative estimate of drug-likeness (QED) is 0.530. The van der Waals surface area contributed by atoms with Crippen LogP contribution in [0.5, 0.6) is 11.5 Å². The molecular formula is C25H24N2O4. The number of anilines is 1. The highest BCUT2D eigenvalue weighted by Crippen LogP contribution is 2.18. The molecule has 3 aromatic carbocycles. The standard InChI is InChI=1S/C25H24N2O4/c1-3-31-22-15-11-20(12-16-22)26-25(29)23(17-18-9-13-21(30-2)14-10-18)27-24(28)19-7-5-4-6-8-19/h4-17H,3H2,1-2H3,(H,26,29)(H,27,28)/b23-17+. The van der Waals surface area contributed by atoms with E-state index in [1.807, 2.05) is 13.0 Å². The van der Waals surface area contributed by atoms with Gasteiger partial charge in [0, 0.05) is 11.3 Å². The van der Waals surface area contributed by atoms with E-state index in [1.165, 1.54) is 0 Å². The lowest BCUT2D eigenvalue weighted by molar-refractivity contribution is -0.113. The number of ether oxygens (including phenoxy) is 2. The first kappa shape index (κ1) is 21.6. The normalized spacial score (nSPS) is 10.8. The molecule has 6 nitrogen and oxygen atoms in total. The van der Waals surface area contributed by atoms with Gasteiger partial charge in [-0.15, -0.1) is 0 Å². The largest absolute Gasteiger partial charge is 0.497 e. The Kier molecular flexibility index (Phi) is 7.43. The van der Waals surface area contributed by atoms with E-state index in [4.69, 9.17) is 9.47 Å². The third-order valence-electron chi connectivity index (χ3n) is 4.38. The van der Waals surface area contributed by atoms with Gasteiger partial charge in [-0.25, -0.2) is 0 Å². The summed E-state index contributed by atoms with van der Waals surface area (Å²) in [6, 6.07) is 22.9. The second-order valence-corrected chi connectivity index (χ2v) is 6.56. The molecule has 0 aliphatic rings. The maximum absolute atomic E-state index is 13.0. The minimum Gasteiger partial charge on any atom is -0.497 e. The van der Waals surface area contributed by atoms with Crippen LogP contribution in [0.25, 0.3) is 6.08 Å². The number of hydrogen-bond donors (Lipinski definition) is 2. The Balaban J connectivity index is 1.83. The molecule has 0 unspecified atom stereocenters. The first-order valence-corrected chi connectivity index (χ1v) is 9.85. The maximum atomic E-state index is 13.0. The highest BCUT2D eigenvalue weighted by molar-refractivity contribution is 6.10. The van der Waals surface area contributed by atoms with Gasteiger partial charge in [0.15, 0.2) is 0 Å². The van der Waals surface area contributed by atoms with Gasteiger partial charge in [0.05, 0.1) is 13.7 Å². The third kappa shape index (κ3) is 6.21. The van der Waals surface area contributed by atoms with Gasteiger partial charge in [-0.05, 0) is 67.1 Å². The van der Waals surface area contributed by atoms with Gasteiger partial charge >= 0.3 is 0 Å². The molecule has 2 N–H and O–H groups in total. The van der Waals surface area contributed by atoms with Crippen LogP contribution in [0.4, 0.5) is 5.69 Å². The van der Waals surface area contributed by atoms with Crippen LogP contribution in [-0.2, 0) is 4.79 Å². The molecule has 0 aliphatic heterocycles. The Hall–Kier alpha value is -4.06. The van der Waals surface area contributed by atoms with Crippen LogP contribution in [0.3, 0.4) is 0 Å². The predicted molar refractivity (Wildman–Crippen MR) is 121 cm³/mol. The Morgan fingerprint density at radius 2 is 1.52 bits per heavy atom. The monoisotopic (exact) mass is 416 g/mol. The molecule has 0 aromatic heterocycles. The molecule has 0 radical (unpaired) electrons. The van der Waals surface area contributed by atoms with Crippen LogP contribution in [0, 0.1) is 0 Å². The van der Waals surface area contributed by atoms with Crippen LogP contribution in [0.1, 0.15) is 22.8 Å². The molecule has 6 heteroatoms. The van der Waals surface area contributed by atoms with E-state index in [2.05, 4.69) is 10.6 Å². The van der Waals surface area contributed by atoms with Crippen LogP contribution < -0.4 is 20.1 Å². The Labute approximate surface area is 181 Å². The highest BCUT2D eigenvalue weighted by Gasteiger charge is 2.15. The van der Waals surface area contributed by atoms with Gasteiger partial charge in [0.2, 0.25) is 0 Å². The van der Waals surface area contributed by atoms with Crippen molar-refractivity contribution in [2.75, 3.05) is 19.0 Å². The van der Waals surface area contributed by atoms with E-state index in [1.54, 1.807) is 86.0 Å².